The van der Waals surface area contributed by atoms with Crippen LogP contribution in [-0.4, -0.2) is 334 Å². The molecule has 0 rings (SSSR count). The summed E-state index contributed by atoms with van der Waals surface area (Å²) in [6.07, 6.45) is 10.8. The standard InChI is InChI=1S/C68H119N5O24S6/c1-51(45-98-7)63(80)92-39-33-86-57(74)13-21-70(22-14-58(75)87-34-40-93-64(81)52(2)46-99-8)29-31-72(25-17-61(78)90-37-43-96-67(84)55(5)49-102-11)27-19-69-20-28-73(26-18-62(79)91-38-44-97-68(85)56(6)50-103-12)32-30-71(23-15-59(76)88-35-41-94-65(82)53(3)47-100-9)24-16-60(77)89-36-42-95-66(83)54(4)48-101-10/h51-56,69H,13-50H2,1-12H3. The second-order valence-electron chi connectivity index (χ2n) is 24.1. The second-order valence-corrected chi connectivity index (χ2v) is 29.5. The molecule has 0 fully saturated rings. The Hall–Kier alpha value is -4.46. The molecule has 0 saturated heterocycles. The van der Waals surface area contributed by atoms with Crippen LogP contribution in [0, 0.1) is 35.5 Å². The van der Waals surface area contributed by atoms with Gasteiger partial charge in [-0.15, -0.1) is 0 Å². The van der Waals surface area contributed by atoms with Crippen molar-refractivity contribution in [1.82, 2.24) is 24.9 Å². The molecule has 6 atom stereocenters. The van der Waals surface area contributed by atoms with E-state index in [2.05, 4.69) is 5.32 Å². The van der Waals surface area contributed by atoms with Crippen molar-refractivity contribution in [3.05, 3.63) is 0 Å². The number of nitrogens with one attached hydrogen (secondary N) is 1. The molecule has 6 unspecified atom stereocenters. The average Bonchev–Trinajstić information content (AvgIpc) is 1.09. The molecule has 0 radical (unpaired) electrons. The van der Waals surface area contributed by atoms with Crippen molar-refractivity contribution < 1.29 is 114 Å². The van der Waals surface area contributed by atoms with Crippen molar-refractivity contribution in [1.29, 1.82) is 0 Å². The molecular weight excluding hydrogens is 1460 g/mol. The van der Waals surface area contributed by atoms with Gasteiger partial charge in [-0.25, -0.2) is 0 Å². The highest BCUT2D eigenvalue weighted by atomic mass is 32.2. The molecule has 1 N–H and O–H groups in total. The smallest absolute Gasteiger partial charge is 0.309 e. The Labute approximate surface area is 636 Å². The molecule has 0 heterocycles. The normalized spacial score (nSPS) is 13.0. The molecule has 0 aromatic heterocycles. The molecule has 0 saturated carbocycles. The fourth-order valence-corrected chi connectivity index (χ4v) is 12.8. The lowest BCUT2D eigenvalue weighted by molar-refractivity contribution is -0.154. The van der Waals surface area contributed by atoms with Gasteiger partial charge in [0.1, 0.15) is 79.3 Å². The maximum Gasteiger partial charge on any atom is 0.309 e. The van der Waals surface area contributed by atoms with E-state index in [1.807, 2.05) is 57.1 Å². The molecule has 29 nitrogen and oxygen atoms in total. The zero-order valence-corrected chi connectivity index (χ0v) is 67.8. The first-order valence-corrected chi connectivity index (χ1v) is 43.2. The Morgan fingerprint density at radius 2 is 0.379 bits per heavy atom. The van der Waals surface area contributed by atoms with E-state index in [0.717, 1.165) is 0 Å². The predicted molar refractivity (Wildman–Crippen MR) is 403 cm³/mol. The van der Waals surface area contributed by atoms with E-state index in [9.17, 15) is 57.5 Å². The largest absolute Gasteiger partial charge is 0.462 e. The van der Waals surface area contributed by atoms with Crippen LogP contribution >= 0.6 is 70.6 Å². The summed E-state index contributed by atoms with van der Waals surface area (Å²) >= 11 is 9.05. The van der Waals surface area contributed by atoms with Crippen LogP contribution in [0.4, 0.5) is 0 Å². The fourth-order valence-electron chi connectivity index (χ4n) is 8.98. The van der Waals surface area contributed by atoms with Crippen LogP contribution in [0.5, 0.6) is 0 Å². The van der Waals surface area contributed by atoms with Gasteiger partial charge in [0.25, 0.3) is 0 Å². The topological polar surface area (TPSA) is 341 Å². The van der Waals surface area contributed by atoms with Gasteiger partial charge in [-0.1, -0.05) is 41.5 Å². The number of hydrogen-bond donors (Lipinski definition) is 1. The summed E-state index contributed by atoms with van der Waals surface area (Å²) in [6.45, 7) is 12.7. The van der Waals surface area contributed by atoms with Gasteiger partial charge in [-0.05, 0) is 37.5 Å². The molecule has 0 amide bonds. The third kappa shape index (κ3) is 54.7. The van der Waals surface area contributed by atoms with E-state index >= 15 is 0 Å². The number of esters is 12. The SMILES string of the molecule is CSCC(C)C(=O)OCCOC(=O)CCN(CCNCCN(CCC(=O)OCCOC(=O)C(C)CSC)CCN(CCC(=O)OCCOC(=O)C(C)CSC)CCC(=O)OCCOC(=O)C(C)CSC)CCN(CCC(=O)OCCOC(=O)C(C)CSC)CCC(=O)OCCOC(=O)C(C)CSC. The lowest BCUT2D eigenvalue weighted by atomic mass is 10.2. The molecular formula is C68H119N5O24S6. The number of ether oxygens (including phenoxy) is 12. The van der Waals surface area contributed by atoms with Gasteiger partial charge in [0, 0.05) is 126 Å². The maximum absolute atomic E-state index is 13.2. The monoisotopic (exact) mass is 1580 g/mol. The van der Waals surface area contributed by atoms with E-state index in [0.29, 0.717) is 86.9 Å². The highest BCUT2D eigenvalue weighted by Crippen LogP contribution is 2.13. The van der Waals surface area contributed by atoms with Gasteiger partial charge in [-0.3, -0.25) is 57.5 Å². The molecule has 0 aromatic carbocycles. The van der Waals surface area contributed by atoms with Gasteiger partial charge < -0.3 is 81.8 Å². The number of carbonyl (C=O) groups excluding carboxylic acids is 12. The average molecular weight is 1580 g/mol. The zero-order valence-electron chi connectivity index (χ0n) is 62.9. The van der Waals surface area contributed by atoms with Gasteiger partial charge in [0.05, 0.1) is 74.0 Å². The highest BCUT2D eigenvalue weighted by molar-refractivity contribution is 7.99. The lowest BCUT2D eigenvalue weighted by Gasteiger charge is -2.28. The van der Waals surface area contributed by atoms with Crippen molar-refractivity contribution in [2.45, 2.75) is 80.1 Å². The van der Waals surface area contributed by atoms with Gasteiger partial charge in [-0.2, -0.15) is 70.6 Å². The fraction of sp³-hybridized carbons (Fsp3) is 0.824. The molecule has 0 bridgehead atoms. The third-order valence-electron chi connectivity index (χ3n) is 14.9. The Kier molecular flexibility index (Phi) is 61.9. The number of thioether (sulfide) groups is 6. The zero-order chi connectivity index (χ0) is 77.0. The minimum absolute atomic E-state index is 0.0490. The first-order chi connectivity index (χ1) is 49.3. The summed E-state index contributed by atoms with van der Waals surface area (Å²) in [6, 6.07) is 0. The van der Waals surface area contributed by atoms with Crippen molar-refractivity contribution >= 4 is 142 Å². The molecule has 103 heavy (non-hydrogen) atoms. The van der Waals surface area contributed by atoms with E-state index in [1.54, 1.807) is 41.5 Å². The quantitative estimate of drug-likeness (QED) is 0.0492. The number of rotatable bonds is 66. The highest BCUT2D eigenvalue weighted by Gasteiger charge is 2.23. The van der Waals surface area contributed by atoms with Crippen LogP contribution in [0.3, 0.4) is 0 Å². The van der Waals surface area contributed by atoms with Gasteiger partial charge >= 0.3 is 71.6 Å². The summed E-state index contributed by atoms with van der Waals surface area (Å²) in [7, 11) is 0. The molecule has 0 spiro atoms. The number of nitrogens with zero attached hydrogens (tertiary/aromatic N) is 4. The van der Waals surface area contributed by atoms with Crippen LogP contribution in [0.25, 0.3) is 0 Å². The maximum atomic E-state index is 13.2. The van der Waals surface area contributed by atoms with E-state index < -0.39 is 71.6 Å². The molecule has 0 aliphatic rings. The van der Waals surface area contributed by atoms with Crippen molar-refractivity contribution in [2.24, 2.45) is 35.5 Å². The third-order valence-corrected chi connectivity index (χ3v) is 19.9. The molecule has 0 aromatic rings. The van der Waals surface area contributed by atoms with E-state index in [4.69, 9.17) is 56.8 Å². The Balaban J connectivity index is 6.71. The Morgan fingerprint density at radius 3 is 0.534 bits per heavy atom. The van der Waals surface area contributed by atoms with Crippen molar-refractivity contribution in [3.8, 4) is 0 Å². The Morgan fingerprint density at radius 1 is 0.233 bits per heavy atom. The van der Waals surface area contributed by atoms with Crippen LogP contribution in [-0.2, 0) is 114 Å². The van der Waals surface area contributed by atoms with E-state index in [1.165, 1.54) is 70.6 Å². The second kappa shape index (κ2) is 64.7. The summed E-state index contributed by atoms with van der Waals surface area (Å²) in [4.78, 5) is 161. The van der Waals surface area contributed by atoms with Crippen molar-refractivity contribution in [2.75, 3.05) is 243 Å². The summed E-state index contributed by atoms with van der Waals surface area (Å²) in [5.74, 6) is -4.28. The van der Waals surface area contributed by atoms with E-state index in [-0.39, 0.29) is 193 Å². The Bertz CT molecular complexity index is 2160. The lowest BCUT2D eigenvalue weighted by Crippen LogP contribution is -2.43. The van der Waals surface area contributed by atoms with Gasteiger partial charge in [0.15, 0.2) is 0 Å². The number of hydrogen-bond acceptors (Lipinski definition) is 35. The molecule has 35 heteroatoms. The molecule has 596 valence electrons. The van der Waals surface area contributed by atoms with Crippen molar-refractivity contribution in [3.63, 3.8) is 0 Å². The molecule has 0 aliphatic heterocycles. The summed E-state index contributed by atoms with van der Waals surface area (Å²) in [5.41, 5.74) is 0. The van der Waals surface area contributed by atoms with Crippen LogP contribution in [0.1, 0.15) is 80.1 Å². The first-order valence-electron chi connectivity index (χ1n) is 34.8. The predicted octanol–water partition coefficient (Wildman–Crippen LogP) is 4.64. The summed E-state index contributed by atoms with van der Waals surface area (Å²) < 4.78 is 64.2. The minimum atomic E-state index is -0.562. The number of carbonyl (C=O) groups is 12. The van der Waals surface area contributed by atoms with Crippen LogP contribution in [0.15, 0.2) is 0 Å². The first kappa shape index (κ1) is 98.5. The van der Waals surface area contributed by atoms with Crippen LogP contribution in [0.2, 0.25) is 0 Å². The summed E-state index contributed by atoms with van der Waals surface area (Å²) in [5, 5.41) is 3.46. The molecule has 0 aliphatic carbocycles. The minimum Gasteiger partial charge on any atom is -0.462 e. The van der Waals surface area contributed by atoms with Crippen LogP contribution < -0.4 is 5.32 Å². The van der Waals surface area contributed by atoms with Gasteiger partial charge in [0.2, 0.25) is 0 Å².